The summed E-state index contributed by atoms with van der Waals surface area (Å²) in [6.45, 7) is 1.82. The van der Waals surface area contributed by atoms with Gasteiger partial charge >= 0.3 is 5.69 Å². The van der Waals surface area contributed by atoms with Crippen LogP contribution in [0.15, 0.2) is 15.8 Å². The summed E-state index contributed by atoms with van der Waals surface area (Å²) >= 11 is 0. The van der Waals surface area contributed by atoms with Gasteiger partial charge in [0.05, 0.1) is 12.2 Å². The first-order valence-electron chi connectivity index (χ1n) is 6.81. The van der Waals surface area contributed by atoms with Crippen molar-refractivity contribution in [3.8, 4) is 0 Å². The molecule has 0 spiro atoms. The molecule has 0 radical (unpaired) electrons. The van der Waals surface area contributed by atoms with Gasteiger partial charge in [0.2, 0.25) is 0 Å². The molecule has 112 valence electrons. The van der Waals surface area contributed by atoms with Crippen molar-refractivity contribution in [3.05, 3.63) is 32.6 Å². The molecule has 1 aliphatic heterocycles. The number of nitrogens with one attached hydrogen (secondary N) is 1. The minimum atomic E-state index is -0.614. The highest BCUT2D eigenvalue weighted by molar-refractivity contribution is 5.05. The Morgan fingerprint density at radius 2 is 2.20 bits per heavy atom. The van der Waals surface area contributed by atoms with Gasteiger partial charge in [-0.05, 0) is 26.2 Å². The Balaban J connectivity index is 2.23. The summed E-state index contributed by atoms with van der Waals surface area (Å²) in [5, 5.41) is 18.4. The van der Waals surface area contributed by atoms with E-state index in [1.165, 1.54) is 10.8 Å². The molecule has 0 saturated carbocycles. The van der Waals surface area contributed by atoms with Crippen LogP contribution in [-0.2, 0) is 11.2 Å². The van der Waals surface area contributed by atoms with E-state index in [1.54, 1.807) is 6.92 Å². The van der Waals surface area contributed by atoms with Gasteiger partial charge in [0.25, 0.3) is 5.56 Å². The van der Waals surface area contributed by atoms with Crippen molar-refractivity contribution in [3.63, 3.8) is 0 Å². The lowest BCUT2D eigenvalue weighted by Gasteiger charge is -2.14. The van der Waals surface area contributed by atoms with Gasteiger partial charge in [0.15, 0.2) is 0 Å². The predicted molar refractivity (Wildman–Crippen MR) is 71.6 cm³/mol. The third-order valence-electron chi connectivity index (χ3n) is 3.56. The molecule has 0 aromatic carbocycles. The molecule has 1 saturated heterocycles. The van der Waals surface area contributed by atoms with E-state index in [2.05, 4.69) is 4.98 Å². The number of hydrogen-bond donors (Lipinski definition) is 3. The Morgan fingerprint density at radius 1 is 1.45 bits per heavy atom. The maximum Gasteiger partial charge on any atom is 0.330 e. The highest BCUT2D eigenvalue weighted by Gasteiger charge is 2.32. The van der Waals surface area contributed by atoms with Crippen LogP contribution in [0.4, 0.5) is 0 Å². The van der Waals surface area contributed by atoms with Gasteiger partial charge in [-0.2, -0.15) is 0 Å². The van der Waals surface area contributed by atoms with E-state index in [4.69, 9.17) is 9.84 Å². The van der Waals surface area contributed by atoms with Gasteiger partial charge in [0, 0.05) is 24.8 Å². The van der Waals surface area contributed by atoms with Crippen LogP contribution in [0.5, 0.6) is 0 Å². The van der Waals surface area contributed by atoms with Crippen molar-refractivity contribution in [2.24, 2.45) is 0 Å². The zero-order chi connectivity index (χ0) is 14.7. The first-order chi connectivity index (χ1) is 9.52. The standard InChI is InChI=1S/C13H20N2O5/c1-8-10(17)6-11(20-8)15-7-9(4-2-3-5-16)12(18)14-13(15)19/h7-8,10-11,16-17H,2-6H2,1H3,(H,14,18,19)/t8-,10-,11-/m1/s1. The molecule has 3 atom stereocenters. The number of unbranched alkanes of at least 4 members (excludes halogenated alkanes) is 1. The van der Waals surface area contributed by atoms with E-state index in [9.17, 15) is 14.7 Å². The summed E-state index contributed by atoms with van der Waals surface area (Å²) in [6, 6.07) is 0. The average molecular weight is 284 g/mol. The smallest absolute Gasteiger partial charge is 0.330 e. The number of ether oxygens (including phenoxy) is 1. The van der Waals surface area contributed by atoms with Crippen LogP contribution < -0.4 is 11.2 Å². The van der Waals surface area contributed by atoms with Crippen molar-refractivity contribution in [2.45, 2.75) is 51.0 Å². The number of nitrogens with zero attached hydrogens (tertiary/aromatic N) is 1. The molecule has 1 fully saturated rings. The minimum Gasteiger partial charge on any atom is -0.396 e. The second-order valence-electron chi connectivity index (χ2n) is 5.10. The monoisotopic (exact) mass is 284 g/mol. The highest BCUT2D eigenvalue weighted by Crippen LogP contribution is 2.27. The number of aromatic nitrogens is 2. The second-order valence-corrected chi connectivity index (χ2v) is 5.10. The maximum absolute atomic E-state index is 11.8. The first-order valence-corrected chi connectivity index (χ1v) is 6.81. The molecule has 2 rings (SSSR count). The van der Waals surface area contributed by atoms with Gasteiger partial charge in [0.1, 0.15) is 6.23 Å². The molecule has 0 bridgehead atoms. The second kappa shape index (κ2) is 6.34. The molecule has 3 N–H and O–H groups in total. The number of rotatable bonds is 5. The fourth-order valence-corrected chi connectivity index (χ4v) is 2.32. The summed E-state index contributed by atoms with van der Waals surface area (Å²) in [7, 11) is 0. The lowest BCUT2D eigenvalue weighted by molar-refractivity contribution is -0.0102. The Morgan fingerprint density at radius 3 is 2.80 bits per heavy atom. The molecule has 0 aliphatic carbocycles. The summed E-state index contributed by atoms with van der Waals surface area (Å²) in [4.78, 5) is 25.8. The Kier molecular flexibility index (Phi) is 4.74. The normalized spacial score (nSPS) is 26.1. The minimum absolute atomic E-state index is 0.0764. The number of aliphatic hydroxyl groups excluding tert-OH is 2. The van der Waals surface area contributed by atoms with E-state index in [1.807, 2.05) is 0 Å². The topological polar surface area (TPSA) is 105 Å². The molecule has 7 nitrogen and oxygen atoms in total. The van der Waals surface area contributed by atoms with Crippen LogP contribution >= 0.6 is 0 Å². The predicted octanol–water partition coefficient (Wildman–Crippen LogP) is -0.480. The first kappa shape index (κ1) is 15.0. The molecule has 0 unspecified atom stereocenters. The van der Waals surface area contributed by atoms with Crippen molar-refractivity contribution >= 4 is 0 Å². The number of aromatic amines is 1. The fraction of sp³-hybridized carbons (Fsp3) is 0.692. The Hall–Kier alpha value is -1.44. The number of aryl methyl sites for hydroxylation is 1. The van der Waals surface area contributed by atoms with E-state index >= 15 is 0 Å². The largest absolute Gasteiger partial charge is 0.396 e. The zero-order valence-corrected chi connectivity index (χ0v) is 11.4. The third kappa shape index (κ3) is 3.17. The summed E-state index contributed by atoms with van der Waals surface area (Å²) in [5.41, 5.74) is -0.460. The summed E-state index contributed by atoms with van der Waals surface area (Å²) in [6.07, 6.45) is 2.07. The van der Waals surface area contributed by atoms with Crippen molar-refractivity contribution in [1.29, 1.82) is 0 Å². The SMILES string of the molecule is C[C@H]1O[C@@H](n2cc(CCCCO)c(=O)[nH]c2=O)C[C@H]1O. The molecule has 1 aromatic rings. The Bertz CT molecular complexity index is 555. The van der Waals surface area contributed by atoms with Gasteiger partial charge in [-0.15, -0.1) is 0 Å². The Labute approximate surface area is 115 Å². The molecule has 0 amide bonds. The van der Waals surface area contributed by atoms with Crippen LogP contribution in [-0.4, -0.2) is 38.6 Å². The van der Waals surface area contributed by atoms with Crippen molar-refractivity contribution in [2.75, 3.05) is 6.61 Å². The lowest BCUT2D eigenvalue weighted by atomic mass is 10.1. The molecular formula is C13H20N2O5. The summed E-state index contributed by atoms with van der Waals surface area (Å²) in [5.74, 6) is 0. The molecule has 20 heavy (non-hydrogen) atoms. The van der Waals surface area contributed by atoms with Crippen molar-refractivity contribution < 1.29 is 14.9 Å². The zero-order valence-electron chi connectivity index (χ0n) is 11.4. The third-order valence-corrected chi connectivity index (χ3v) is 3.56. The number of hydrogen-bond acceptors (Lipinski definition) is 5. The molecular weight excluding hydrogens is 264 g/mol. The van der Waals surface area contributed by atoms with Crippen molar-refractivity contribution in [1.82, 2.24) is 9.55 Å². The van der Waals surface area contributed by atoms with E-state index in [0.29, 0.717) is 31.2 Å². The van der Waals surface area contributed by atoms with Crippen LogP contribution in [0, 0.1) is 0 Å². The van der Waals surface area contributed by atoms with E-state index in [-0.39, 0.29) is 12.7 Å². The average Bonchev–Trinajstić information content (AvgIpc) is 2.72. The lowest BCUT2D eigenvalue weighted by Crippen LogP contribution is -2.34. The van der Waals surface area contributed by atoms with Crippen LogP contribution in [0.3, 0.4) is 0 Å². The molecule has 7 heteroatoms. The maximum atomic E-state index is 11.8. The van der Waals surface area contributed by atoms with E-state index in [0.717, 1.165) is 0 Å². The van der Waals surface area contributed by atoms with E-state index < -0.39 is 23.6 Å². The molecule has 1 aromatic heterocycles. The van der Waals surface area contributed by atoms with Crippen LogP contribution in [0.1, 0.15) is 38.0 Å². The highest BCUT2D eigenvalue weighted by atomic mass is 16.5. The van der Waals surface area contributed by atoms with Gasteiger partial charge in [-0.1, -0.05) is 0 Å². The summed E-state index contributed by atoms with van der Waals surface area (Å²) < 4.78 is 6.83. The quantitative estimate of drug-likeness (QED) is 0.633. The number of H-pyrrole nitrogens is 1. The van der Waals surface area contributed by atoms with Crippen LogP contribution in [0.2, 0.25) is 0 Å². The van der Waals surface area contributed by atoms with Gasteiger partial charge in [-0.3, -0.25) is 14.3 Å². The molecule has 2 heterocycles. The molecule has 1 aliphatic rings. The van der Waals surface area contributed by atoms with Crippen LogP contribution in [0.25, 0.3) is 0 Å². The van der Waals surface area contributed by atoms with Gasteiger partial charge in [-0.25, -0.2) is 4.79 Å². The fourth-order valence-electron chi connectivity index (χ4n) is 2.32. The number of aliphatic hydroxyl groups is 2. The van der Waals surface area contributed by atoms with Gasteiger partial charge < -0.3 is 14.9 Å².